The zero-order chi connectivity index (χ0) is 25.3. The average Bonchev–Trinajstić information content (AvgIpc) is 2.70. The Bertz CT molecular complexity index is 803. The molecular formula is C25H41N3O5. The van der Waals surface area contributed by atoms with Crippen LogP contribution in [0.5, 0.6) is 5.75 Å². The molecule has 8 nitrogen and oxygen atoms in total. The monoisotopic (exact) mass is 463 g/mol. The number of phenols is 1. The maximum atomic E-state index is 13.8. The van der Waals surface area contributed by atoms with Gasteiger partial charge < -0.3 is 25.4 Å². The van der Waals surface area contributed by atoms with Crippen molar-refractivity contribution in [3.63, 3.8) is 0 Å². The van der Waals surface area contributed by atoms with E-state index in [1.807, 2.05) is 34.6 Å². The first-order valence-corrected chi connectivity index (χ1v) is 11.7. The number of aromatic hydroxyl groups is 1. The number of nitrogens with zero attached hydrogens (tertiary/aromatic N) is 1. The molecule has 3 unspecified atom stereocenters. The number of phenolic OH excluding ortho intramolecular Hbond substituents is 1. The zero-order valence-corrected chi connectivity index (χ0v) is 21.3. The number of ether oxygens (including phenoxy) is 1. The van der Waals surface area contributed by atoms with Gasteiger partial charge in [-0.1, -0.05) is 45.4 Å². The first kappa shape index (κ1) is 28.3. The molecule has 1 aromatic carbocycles. The van der Waals surface area contributed by atoms with Crippen LogP contribution in [0.15, 0.2) is 24.3 Å². The van der Waals surface area contributed by atoms with Crippen LogP contribution in [-0.4, -0.2) is 52.1 Å². The van der Waals surface area contributed by atoms with Crippen molar-refractivity contribution in [3.05, 3.63) is 29.8 Å². The van der Waals surface area contributed by atoms with Crippen LogP contribution in [0.2, 0.25) is 0 Å². The lowest BCUT2D eigenvalue weighted by Crippen LogP contribution is -2.55. The third-order valence-corrected chi connectivity index (χ3v) is 5.12. The Hall–Kier alpha value is -2.77. The molecule has 3 atom stereocenters. The molecule has 3 N–H and O–H groups in total. The predicted molar refractivity (Wildman–Crippen MR) is 129 cm³/mol. The van der Waals surface area contributed by atoms with Crippen LogP contribution < -0.4 is 10.6 Å². The lowest BCUT2D eigenvalue weighted by molar-refractivity contribution is -0.143. The van der Waals surface area contributed by atoms with E-state index in [-0.39, 0.29) is 24.3 Å². The van der Waals surface area contributed by atoms with Gasteiger partial charge in [-0.2, -0.15) is 0 Å². The molecule has 3 amide bonds. The first-order chi connectivity index (χ1) is 15.3. The van der Waals surface area contributed by atoms with Crippen LogP contribution in [0.25, 0.3) is 0 Å². The van der Waals surface area contributed by atoms with Crippen molar-refractivity contribution in [1.29, 1.82) is 0 Å². The van der Waals surface area contributed by atoms with Crippen LogP contribution >= 0.6 is 0 Å². The van der Waals surface area contributed by atoms with Gasteiger partial charge in [-0.25, -0.2) is 4.79 Å². The van der Waals surface area contributed by atoms with Crippen LogP contribution in [0.1, 0.15) is 79.8 Å². The van der Waals surface area contributed by atoms with Crippen molar-refractivity contribution < 1.29 is 24.2 Å². The SMILES string of the molecule is CCCN(C(=O)C(NC(=O)OC(C)(C)C)C(C)CC)C(C(=O)NC(C)C)c1ccccc1O. The van der Waals surface area contributed by atoms with Crippen molar-refractivity contribution >= 4 is 17.9 Å². The van der Waals surface area contributed by atoms with E-state index in [0.29, 0.717) is 18.4 Å². The second kappa shape index (κ2) is 12.5. The number of carbonyl (C=O) groups excluding carboxylic acids is 3. The number of benzene rings is 1. The topological polar surface area (TPSA) is 108 Å². The molecule has 1 rings (SSSR count). The minimum absolute atomic E-state index is 0.0736. The second-order valence-electron chi connectivity index (χ2n) is 9.67. The Morgan fingerprint density at radius 3 is 2.15 bits per heavy atom. The van der Waals surface area contributed by atoms with Gasteiger partial charge in [0.1, 0.15) is 23.4 Å². The zero-order valence-electron chi connectivity index (χ0n) is 21.3. The van der Waals surface area contributed by atoms with E-state index in [4.69, 9.17) is 4.74 Å². The van der Waals surface area contributed by atoms with E-state index in [1.165, 1.54) is 11.0 Å². The first-order valence-electron chi connectivity index (χ1n) is 11.7. The number of carbonyl (C=O) groups is 3. The quantitative estimate of drug-likeness (QED) is 0.483. The van der Waals surface area contributed by atoms with Crippen molar-refractivity contribution in [2.45, 2.75) is 92.0 Å². The lowest BCUT2D eigenvalue weighted by atomic mass is 9.95. The standard InChI is InChI=1S/C25H41N3O5/c1-9-15-28(21(22(30)26-16(3)4)18-13-11-12-14-19(18)29)23(31)20(17(5)10-2)27-24(32)33-25(6,7)8/h11-14,16-17,20-21,29H,9-10,15H2,1-8H3,(H,26,30)(H,27,32). The van der Waals surface area contributed by atoms with Gasteiger partial charge in [0.25, 0.3) is 0 Å². The predicted octanol–water partition coefficient (Wildman–Crippen LogP) is 4.14. The summed E-state index contributed by atoms with van der Waals surface area (Å²) in [5.74, 6) is -1.07. The fraction of sp³-hybridized carbons (Fsp3) is 0.640. The summed E-state index contributed by atoms with van der Waals surface area (Å²) in [6.07, 6.45) is 0.527. The molecular weight excluding hydrogens is 422 g/mol. The Morgan fingerprint density at radius 2 is 1.67 bits per heavy atom. The molecule has 1 aromatic rings. The van der Waals surface area contributed by atoms with Crippen molar-refractivity contribution in [2.24, 2.45) is 5.92 Å². The number of rotatable bonds is 10. The maximum absolute atomic E-state index is 13.8. The molecule has 0 radical (unpaired) electrons. The summed E-state index contributed by atoms with van der Waals surface area (Å²) in [7, 11) is 0. The molecule has 8 heteroatoms. The van der Waals surface area contributed by atoms with Gasteiger partial charge in [0.15, 0.2) is 0 Å². The number of alkyl carbamates (subject to hydrolysis) is 1. The summed E-state index contributed by atoms with van der Waals surface area (Å²) in [4.78, 5) is 41.1. The minimum Gasteiger partial charge on any atom is -0.508 e. The third-order valence-electron chi connectivity index (χ3n) is 5.12. The van der Waals surface area contributed by atoms with Gasteiger partial charge in [0.2, 0.25) is 11.8 Å². The Morgan fingerprint density at radius 1 is 1.06 bits per heavy atom. The second-order valence-corrected chi connectivity index (χ2v) is 9.67. The smallest absolute Gasteiger partial charge is 0.408 e. The fourth-order valence-electron chi connectivity index (χ4n) is 3.44. The van der Waals surface area contributed by atoms with Crippen molar-refractivity contribution in [3.8, 4) is 5.75 Å². The number of nitrogens with one attached hydrogen (secondary N) is 2. The lowest BCUT2D eigenvalue weighted by Gasteiger charge is -2.36. The molecule has 0 spiro atoms. The summed E-state index contributed by atoms with van der Waals surface area (Å²) in [5.41, 5.74) is -0.385. The molecule has 0 heterocycles. The van der Waals surface area contributed by atoms with Gasteiger partial charge >= 0.3 is 6.09 Å². The highest BCUT2D eigenvalue weighted by molar-refractivity contribution is 5.92. The Kier molecular flexibility index (Phi) is 10.7. The van der Waals surface area contributed by atoms with E-state index in [2.05, 4.69) is 10.6 Å². The van der Waals surface area contributed by atoms with Gasteiger partial charge in [-0.05, 0) is 53.0 Å². The van der Waals surface area contributed by atoms with Gasteiger partial charge in [0.05, 0.1) is 0 Å². The molecule has 0 aliphatic heterocycles. The molecule has 0 aromatic heterocycles. The third kappa shape index (κ3) is 8.59. The number of para-hydroxylation sites is 1. The Balaban J connectivity index is 3.46. The summed E-state index contributed by atoms with van der Waals surface area (Å²) < 4.78 is 5.38. The largest absolute Gasteiger partial charge is 0.508 e. The highest BCUT2D eigenvalue weighted by Crippen LogP contribution is 2.30. The van der Waals surface area contributed by atoms with Gasteiger partial charge in [-0.15, -0.1) is 0 Å². The van der Waals surface area contributed by atoms with E-state index in [9.17, 15) is 19.5 Å². The van der Waals surface area contributed by atoms with Crippen LogP contribution in [0.4, 0.5) is 4.79 Å². The molecule has 33 heavy (non-hydrogen) atoms. The van der Waals surface area contributed by atoms with Crippen LogP contribution in [0, 0.1) is 5.92 Å². The normalized spacial score (nSPS) is 14.2. The number of amides is 3. The fourth-order valence-corrected chi connectivity index (χ4v) is 3.44. The van der Waals surface area contributed by atoms with Gasteiger partial charge in [0, 0.05) is 18.2 Å². The van der Waals surface area contributed by atoms with Crippen LogP contribution in [-0.2, 0) is 14.3 Å². The number of hydrogen-bond donors (Lipinski definition) is 3. The summed E-state index contributed by atoms with van der Waals surface area (Å²) in [6, 6.07) is 4.40. The summed E-state index contributed by atoms with van der Waals surface area (Å²) in [5, 5.41) is 16.1. The highest BCUT2D eigenvalue weighted by Gasteiger charge is 2.38. The average molecular weight is 464 g/mol. The van der Waals surface area contributed by atoms with E-state index in [1.54, 1.807) is 39.0 Å². The van der Waals surface area contributed by atoms with Crippen molar-refractivity contribution in [1.82, 2.24) is 15.5 Å². The van der Waals surface area contributed by atoms with Crippen LogP contribution in [0.3, 0.4) is 0 Å². The van der Waals surface area contributed by atoms with E-state index in [0.717, 1.165) is 0 Å². The summed E-state index contributed by atoms with van der Waals surface area (Å²) in [6.45, 7) is 14.9. The van der Waals surface area contributed by atoms with Crippen molar-refractivity contribution in [2.75, 3.05) is 6.54 Å². The maximum Gasteiger partial charge on any atom is 0.408 e. The van der Waals surface area contributed by atoms with E-state index < -0.39 is 35.6 Å². The molecule has 186 valence electrons. The summed E-state index contributed by atoms with van der Waals surface area (Å²) >= 11 is 0. The van der Waals surface area contributed by atoms with Gasteiger partial charge in [-0.3, -0.25) is 9.59 Å². The molecule has 0 saturated carbocycles. The van der Waals surface area contributed by atoms with E-state index >= 15 is 0 Å². The highest BCUT2D eigenvalue weighted by atomic mass is 16.6. The number of hydrogen-bond acceptors (Lipinski definition) is 5. The molecule has 0 fully saturated rings. The Labute approximate surface area is 198 Å². The molecule has 0 bridgehead atoms. The molecule has 0 aliphatic rings. The molecule has 0 saturated heterocycles. The molecule has 0 aliphatic carbocycles. The minimum atomic E-state index is -1.05.